The zero-order chi connectivity index (χ0) is 14.9. The number of ether oxygens (including phenoxy) is 1. The molecule has 5 nitrogen and oxygen atoms in total. The minimum atomic E-state index is -3.83. The van der Waals surface area contributed by atoms with Gasteiger partial charge in [0.05, 0.1) is 13.8 Å². The van der Waals surface area contributed by atoms with Crippen LogP contribution in [0.4, 0.5) is 0 Å². The molecular weight excluding hydrogens is 437 g/mol. The Morgan fingerprint density at radius 3 is 2.35 bits per heavy atom. The molecule has 0 aliphatic heterocycles. The molecule has 1 fully saturated rings. The van der Waals surface area contributed by atoms with Gasteiger partial charge in [0, 0.05) is 16.7 Å². The highest BCUT2D eigenvalue weighted by Crippen LogP contribution is 2.36. The van der Waals surface area contributed by atoms with Crippen LogP contribution in [-0.2, 0) is 13.8 Å². The molecule has 1 aromatic rings. The summed E-state index contributed by atoms with van der Waals surface area (Å²) >= 11 is 6.39. The van der Waals surface area contributed by atoms with Gasteiger partial charge < -0.3 is 10.1 Å². The van der Waals surface area contributed by atoms with Crippen LogP contribution in [0.5, 0.6) is 5.75 Å². The van der Waals surface area contributed by atoms with E-state index < -0.39 is 9.05 Å². The van der Waals surface area contributed by atoms with Crippen LogP contribution in [0.15, 0.2) is 26.0 Å². The highest BCUT2D eigenvalue weighted by molar-refractivity contribution is 9.11. The Hall–Kier alpha value is -0.310. The normalized spacial score (nSPS) is 14.9. The van der Waals surface area contributed by atoms with Crippen molar-refractivity contribution >= 4 is 57.5 Å². The van der Waals surface area contributed by atoms with Crippen LogP contribution in [0.2, 0.25) is 0 Å². The maximum absolute atomic E-state index is 11.5. The first-order valence-electron chi connectivity index (χ1n) is 5.63. The minimum Gasteiger partial charge on any atom is -0.481 e. The van der Waals surface area contributed by atoms with Gasteiger partial charge in [-0.1, -0.05) is 0 Å². The number of hydrogen-bond acceptors (Lipinski definition) is 4. The molecule has 0 saturated heterocycles. The van der Waals surface area contributed by atoms with E-state index in [1.807, 2.05) is 0 Å². The van der Waals surface area contributed by atoms with Crippen molar-refractivity contribution in [2.75, 3.05) is 6.61 Å². The number of rotatable bonds is 5. The lowest BCUT2D eigenvalue weighted by Crippen LogP contribution is -2.30. The first kappa shape index (κ1) is 16.1. The van der Waals surface area contributed by atoms with Crippen LogP contribution >= 0.6 is 42.5 Å². The van der Waals surface area contributed by atoms with Crippen molar-refractivity contribution in [3.05, 3.63) is 21.1 Å². The summed E-state index contributed by atoms with van der Waals surface area (Å²) in [5.74, 6) is 0.139. The van der Waals surface area contributed by atoms with Crippen molar-refractivity contribution in [3.8, 4) is 5.75 Å². The van der Waals surface area contributed by atoms with Crippen molar-refractivity contribution in [1.29, 1.82) is 0 Å². The first-order valence-corrected chi connectivity index (χ1v) is 9.53. The van der Waals surface area contributed by atoms with Gasteiger partial charge in [-0.05, 0) is 56.8 Å². The van der Waals surface area contributed by atoms with E-state index in [0.717, 1.165) is 12.8 Å². The van der Waals surface area contributed by atoms with E-state index in [9.17, 15) is 13.2 Å². The third-order valence-corrected chi connectivity index (χ3v) is 5.05. The van der Waals surface area contributed by atoms with Crippen molar-refractivity contribution in [2.45, 2.75) is 23.8 Å². The first-order chi connectivity index (χ1) is 9.27. The SMILES string of the molecule is O=C(COc1c(Br)cc(S(=O)(=O)Cl)cc1Br)NC1CC1. The predicted molar refractivity (Wildman–Crippen MR) is 81.5 cm³/mol. The van der Waals surface area contributed by atoms with Crippen molar-refractivity contribution in [1.82, 2.24) is 5.32 Å². The Morgan fingerprint density at radius 1 is 1.35 bits per heavy atom. The van der Waals surface area contributed by atoms with E-state index in [1.165, 1.54) is 12.1 Å². The molecule has 0 spiro atoms. The van der Waals surface area contributed by atoms with Gasteiger partial charge in [0.25, 0.3) is 15.0 Å². The van der Waals surface area contributed by atoms with Gasteiger partial charge in [-0.2, -0.15) is 0 Å². The predicted octanol–water partition coefficient (Wildman–Crippen LogP) is 2.80. The zero-order valence-corrected chi connectivity index (χ0v) is 14.8. The van der Waals surface area contributed by atoms with Gasteiger partial charge in [0.2, 0.25) is 0 Å². The van der Waals surface area contributed by atoms with Gasteiger partial charge in [-0.3, -0.25) is 4.79 Å². The molecule has 1 aliphatic carbocycles. The fourth-order valence-electron chi connectivity index (χ4n) is 1.45. The number of amides is 1. The van der Waals surface area contributed by atoms with Crippen LogP contribution in [0, 0.1) is 0 Å². The van der Waals surface area contributed by atoms with Crippen molar-refractivity contribution in [3.63, 3.8) is 0 Å². The summed E-state index contributed by atoms with van der Waals surface area (Å²) in [4.78, 5) is 11.5. The maximum Gasteiger partial charge on any atom is 0.261 e. The fraction of sp³-hybridized carbons (Fsp3) is 0.364. The smallest absolute Gasteiger partial charge is 0.261 e. The van der Waals surface area contributed by atoms with E-state index in [4.69, 9.17) is 15.4 Å². The molecule has 0 radical (unpaired) electrons. The fourth-order valence-corrected chi connectivity index (χ4v) is 3.95. The van der Waals surface area contributed by atoms with Gasteiger partial charge in [0.1, 0.15) is 5.75 Å². The summed E-state index contributed by atoms with van der Waals surface area (Å²) in [6.45, 7) is -0.138. The molecular formula is C11H10Br2ClNO4S. The molecule has 9 heteroatoms. The lowest BCUT2D eigenvalue weighted by molar-refractivity contribution is -0.123. The molecule has 1 saturated carbocycles. The molecule has 0 atom stereocenters. The molecule has 0 unspecified atom stereocenters. The lowest BCUT2D eigenvalue weighted by Gasteiger charge is -2.11. The van der Waals surface area contributed by atoms with Crippen molar-refractivity contribution < 1.29 is 17.9 Å². The lowest BCUT2D eigenvalue weighted by atomic mass is 10.3. The second kappa shape index (κ2) is 6.21. The van der Waals surface area contributed by atoms with Gasteiger partial charge in [0.15, 0.2) is 6.61 Å². The van der Waals surface area contributed by atoms with Crippen LogP contribution in [0.3, 0.4) is 0 Å². The Kier molecular flexibility index (Phi) is 4.99. The number of carbonyl (C=O) groups excluding carboxylic acids is 1. The van der Waals surface area contributed by atoms with E-state index in [2.05, 4.69) is 37.2 Å². The standard InChI is InChI=1S/C11H10Br2ClNO4S/c12-8-3-7(20(14,17)18)4-9(13)11(8)19-5-10(16)15-6-1-2-6/h3-4,6H,1-2,5H2,(H,15,16). The van der Waals surface area contributed by atoms with E-state index in [1.54, 1.807) is 0 Å². The molecule has 1 aromatic carbocycles. The topological polar surface area (TPSA) is 72.5 Å². The Morgan fingerprint density at radius 2 is 1.90 bits per heavy atom. The highest BCUT2D eigenvalue weighted by Gasteiger charge is 2.23. The average Bonchev–Trinajstić information content (AvgIpc) is 3.10. The van der Waals surface area contributed by atoms with E-state index in [0.29, 0.717) is 14.7 Å². The molecule has 0 bridgehead atoms. The number of benzene rings is 1. The van der Waals surface area contributed by atoms with E-state index >= 15 is 0 Å². The van der Waals surface area contributed by atoms with Gasteiger partial charge >= 0.3 is 0 Å². The second-order valence-corrected chi connectivity index (χ2v) is 8.56. The minimum absolute atomic E-state index is 0.0623. The van der Waals surface area contributed by atoms with Crippen LogP contribution in [0.25, 0.3) is 0 Å². The molecule has 0 heterocycles. The highest BCUT2D eigenvalue weighted by atomic mass is 79.9. The Bertz CT molecular complexity index is 623. The summed E-state index contributed by atoms with van der Waals surface area (Å²) in [5.41, 5.74) is 0. The number of carbonyl (C=O) groups is 1. The molecule has 110 valence electrons. The maximum atomic E-state index is 11.5. The molecule has 1 aliphatic rings. The number of halogens is 3. The largest absolute Gasteiger partial charge is 0.481 e. The summed E-state index contributed by atoms with van der Waals surface area (Å²) in [6.07, 6.45) is 2.00. The Labute approximate surface area is 137 Å². The van der Waals surface area contributed by atoms with Gasteiger partial charge in [-0.15, -0.1) is 0 Å². The zero-order valence-electron chi connectivity index (χ0n) is 10.0. The average molecular weight is 448 g/mol. The molecule has 0 aromatic heterocycles. The molecule has 1 N–H and O–H groups in total. The van der Waals surface area contributed by atoms with Crippen molar-refractivity contribution in [2.24, 2.45) is 0 Å². The third kappa shape index (κ3) is 4.34. The quantitative estimate of drug-likeness (QED) is 0.705. The number of nitrogens with one attached hydrogen (secondary N) is 1. The van der Waals surface area contributed by atoms with Crippen LogP contribution < -0.4 is 10.1 Å². The summed E-state index contributed by atoms with van der Waals surface area (Å²) in [7, 11) is 1.45. The van der Waals surface area contributed by atoms with Gasteiger partial charge in [-0.25, -0.2) is 8.42 Å². The second-order valence-electron chi connectivity index (χ2n) is 4.28. The monoisotopic (exact) mass is 445 g/mol. The summed E-state index contributed by atoms with van der Waals surface area (Å²) < 4.78 is 28.7. The number of hydrogen-bond donors (Lipinski definition) is 1. The van der Waals surface area contributed by atoms with Crippen LogP contribution in [0.1, 0.15) is 12.8 Å². The molecule has 2 rings (SSSR count). The summed E-state index contributed by atoms with van der Waals surface area (Å²) in [6, 6.07) is 2.91. The summed E-state index contributed by atoms with van der Waals surface area (Å²) in [5, 5.41) is 2.79. The Balaban J connectivity index is 2.09. The third-order valence-electron chi connectivity index (χ3n) is 2.54. The molecule has 1 amide bonds. The van der Waals surface area contributed by atoms with Crippen LogP contribution in [-0.4, -0.2) is 27.0 Å². The van der Waals surface area contributed by atoms with E-state index in [-0.39, 0.29) is 23.5 Å². The molecule has 20 heavy (non-hydrogen) atoms.